The second kappa shape index (κ2) is 5.37. The van der Waals surface area contributed by atoms with Crippen molar-refractivity contribution in [1.29, 1.82) is 0 Å². The van der Waals surface area contributed by atoms with Crippen LogP contribution in [0.5, 0.6) is 0 Å². The number of rotatable bonds is 4. The highest BCUT2D eigenvalue weighted by molar-refractivity contribution is 6.61. The number of amides is 1. The number of hydrogen-bond donors (Lipinski definition) is 3. The quantitative estimate of drug-likeness (QED) is 0.624. The van der Waals surface area contributed by atoms with Gasteiger partial charge in [-0.1, -0.05) is 0 Å². The molecule has 1 aliphatic heterocycles. The Labute approximate surface area is 108 Å². The molecule has 0 spiro atoms. The number of aliphatic carboxylic acids is 1. The zero-order valence-electron chi connectivity index (χ0n) is 9.85. The monoisotopic (exact) mass is 267 g/mol. The molecule has 0 aromatic heterocycles. The molecule has 1 aromatic carbocycles. The van der Waals surface area contributed by atoms with Crippen molar-refractivity contribution < 1.29 is 28.8 Å². The number of hydrogen-bond acceptors (Lipinski definition) is 4. The largest absolute Gasteiger partial charge is 0.491 e. The molecule has 0 saturated heterocycles. The molecular formula is C11H11BFNO5. The van der Waals surface area contributed by atoms with Crippen LogP contribution in [-0.4, -0.2) is 35.7 Å². The van der Waals surface area contributed by atoms with Gasteiger partial charge in [0.1, 0.15) is 5.82 Å². The second-order valence-corrected chi connectivity index (χ2v) is 4.09. The molecule has 0 unspecified atom stereocenters. The molecule has 1 aliphatic rings. The van der Waals surface area contributed by atoms with E-state index in [2.05, 4.69) is 5.32 Å². The first-order valence-corrected chi connectivity index (χ1v) is 5.61. The minimum atomic E-state index is -1.24. The number of fused-ring (bicyclic) bond motifs is 1. The first kappa shape index (κ1) is 13.5. The van der Waals surface area contributed by atoms with E-state index in [9.17, 15) is 19.0 Å². The molecule has 0 fully saturated rings. The fourth-order valence-electron chi connectivity index (χ4n) is 1.80. The van der Waals surface area contributed by atoms with Crippen molar-refractivity contribution in [3.8, 4) is 0 Å². The first-order valence-electron chi connectivity index (χ1n) is 5.61. The molecule has 19 heavy (non-hydrogen) atoms. The van der Waals surface area contributed by atoms with Crippen molar-refractivity contribution >= 4 is 24.5 Å². The van der Waals surface area contributed by atoms with Gasteiger partial charge in [-0.3, -0.25) is 9.59 Å². The molecule has 6 nitrogen and oxygen atoms in total. The normalized spacial score (nSPS) is 13.3. The van der Waals surface area contributed by atoms with Crippen LogP contribution in [0.25, 0.3) is 0 Å². The molecular weight excluding hydrogens is 256 g/mol. The van der Waals surface area contributed by atoms with E-state index in [1.54, 1.807) is 0 Å². The van der Waals surface area contributed by atoms with Gasteiger partial charge >= 0.3 is 13.1 Å². The van der Waals surface area contributed by atoms with Gasteiger partial charge in [-0.05, 0) is 17.6 Å². The lowest BCUT2D eigenvalue weighted by atomic mass is 9.78. The smallest absolute Gasteiger partial charge is 0.481 e. The number of nitrogens with one attached hydrogen (secondary N) is 1. The van der Waals surface area contributed by atoms with Crippen LogP contribution < -0.4 is 10.8 Å². The van der Waals surface area contributed by atoms with Crippen LogP contribution in [0.2, 0.25) is 0 Å². The Hall–Kier alpha value is -1.93. The summed E-state index contributed by atoms with van der Waals surface area (Å²) in [6.07, 6.45) is -0.217. The van der Waals surface area contributed by atoms with Crippen LogP contribution in [0.15, 0.2) is 12.1 Å². The summed E-state index contributed by atoms with van der Waals surface area (Å²) >= 11 is 0. The highest BCUT2D eigenvalue weighted by atomic mass is 19.1. The lowest BCUT2D eigenvalue weighted by Crippen LogP contribution is -2.32. The molecule has 0 bridgehead atoms. The maximum atomic E-state index is 13.7. The number of carbonyl (C=O) groups excluding carboxylic acids is 1. The number of benzene rings is 1. The summed E-state index contributed by atoms with van der Waals surface area (Å²) in [6, 6.07) is 2.38. The average Bonchev–Trinajstić information content (AvgIpc) is 2.71. The molecule has 1 aromatic rings. The molecule has 8 heteroatoms. The number of carboxylic acids is 1. The third kappa shape index (κ3) is 2.91. The van der Waals surface area contributed by atoms with E-state index < -0.39 is 24.8 Å². The Morgan fingerprint density at radius 3 is 2.89 bits per heavy atom. The summed E-state index contributed by atoms with van der Waals surface area (Å²) in [5, 5.41) is 20.3. The fourth-order valence-corrected chi connectivity index (χ4v) is 1.80. The van der Waals surface area contributed by atoms with Crippen LogP contribution in [0, 0.1) is 5.82 Å². The van der Waals surface area contributed by atoms with Gasteiger partial charge in [0.15, 0.2) is 0 Å². The Balaban J connectivity index is 2.13. The van der Waals surface area contributed by atoms with Gasteiger partial charge in [-0.15, -0.1) is 0 Å². The summed E-state index contributed by atoms with van der Waals surface area (Å²) in [5.74, 6) is -2.26. The average molecular weight is 267 g/mol. The van der Waals surface area contributed by atoms with Crippen LogP contribution in [0.4, 0.5) is 4.39 Å². The zero-order chi connectivity index (χ0) is 14.0. The van der Waals surface area contributed by atoms with Crippen LogP contribution in [-0.2, 0) is 16.1 Å². The molecule has 0 atom stereocenters. The molecule has 3 N–H and O–H groups in total. The van der Waals surface area contributed by atoms with Crippen LogP contribution >= 0.6 is 0 Å². The third-order valence-corrected chi connectivity index (χ3v) is 2.77. The molecule has 2 rings (SSSR count). The first-order chi connectivity index (χ1) is 8.99. The molecule has 0 aliphatic carbocycles. The van der Waals surface area contributed by atoms with E-state index in [0.717, 1.165) is 6.07 Å². The van der Waals surface area contributed by atoms with E-state index in [1.165, 1.54) is 6.07 Å². The highest BCUT2D eigenvalue weighted by Gasteiger charge is 2.31. The SMILES string of the molecule is O=C(O)CCNC(=O)c1cc(F)c2c(c1)B(O)OC2. The van der Waals surface area contributed by atoms with Crippen molar-refractivity contribution in [2.24, 2.45) is 0 Å². The van der Waals surface area contributed by atoms with Crippen molar-refractivity contribution in [1.82, 2.24) is 5.32 Å². The van der Waals surface area contributed by atoms with Gasteiger partial charge in [0.2, 0.25) is 0 Å². The van der Waals surface area contributed by atoms with Gasteiger partial charge in [-0.25, -0.2) is 4.39 Å². The molecule has 1 amide bonds. The summed E-state index contributed by atoms with van der Waals surface area (Å²) in [5.41, 5.74) is 0.476. The summed E-state index contributed by atoms with van der Waals surface area (Å²) in [4.78, 5) is 22.0. The third-order valence-electron chi connectivity index (χ3n) is 2.77. The van der Waals surface area contributed by atoms with E-state index in [-0.39, 0.29) is 36.2 Å². The Kier molecular flexibility index (Phi) is 3.82. The van der Waals surface area contributed by atoms with Gasteiger partial charge in [-0.2, -0.15) is 0 Å². The van der Waals surface area contributed by atoms with Crippen LogP contribution in [0.1, 0.15) is 22.3 Å². The van der Waals surface area contributed by atoms with E-state index in [4.69, 9.17) is 9.76 Å². The molecule has 100 valence electrons. The van der Waals surface area contributed by atoms with Crippen LogP contribution in [0.3, 0.4) is 0 Å². The summed E-state index contributed by atoms with van der Waals surface area (Å²) < 4.78 is 18.5. The number of carboxylic acid groups (broad SMARTS) is 1. The second-order valence-electron chi connectivity index (χ2n) is 4.09. The van der Waals surface area contributed by atoms with E-state index in [1.807, 2.05) is 0 Å². The lowest BCUT2D eigenvalue weighted by Gasteiger charge is -2.06. The predicted octanol–water partition coefficient (Wildman–Crippen LogP) is -0.752. The fraction of sp³-hybridized carbons (Fsp3) is 0.273. The summed E-state index contributed by atoms with van der Waals surface area (Å²) in [6.45, 7) is -0.0881. The number of halogens is 1. The van der Waals surface area contributed by atoms with Gasteiger partial charge in [0.25, 0.3) is 5.91 Å². The minimum Gasteiger partial charge on any atom is -0.481 e. The lowest BCUT2D eigenvalue weighted by molar-refractivity contribution is -0.136. The van der Waals surface area contributed by atoms with Crippen molar-refractivity contribution in [2.75, 3.05) is 6.54 Å². The Morgan fingerprint density at radius 1 is 1.47 bits per heavy atom. The summed E-state index contributed by atoms with van der Waals surface area (Å²) in [7, 11) is -1.24. The highest BCUT2D eigenvalue weighted by Crippen LogP contribution is 2.16. The maximum Gasteiger partial charge on any atom is 0.491 e. The van der Waals surface area contributed by atoms with Gasteiger partial charge in [0.05, 0.1) is 13.0 Å². The van der Waals surface area contributed by atoms with Crippen molar-refractivity contribution in [3.63, 3.8) is 0 Å². The number of carbonyl (C=O) groups is 2. The van der Waals surface area contributed by atoms with Crippen molar-refractivity contribution in [3.05, 3.63) is 29.1 Å². The molecule has 0 saturated carbocycles. The molecule has 1 heterocycles. The minimum absolute atomic E-state index is 0.0196. The van der Waals surface area contributed by atoms with E-state index in [0.29, 0.717) is 0 Å². The predicted molar refractivity (Wildman–Crippen MR) is 63.4 cm³/mol. The maximum absolute atomic E-state index is 13.7. The topological polar surface area (TPSA) is 95.9 Å². The Bertz CT molecular complexity index is 536. The standard InChI is InChI=1S/C11H11BFNO5/c13-9-4-6(11(17)14-2-1-10(15)16)3-8-7(9)5-19-12(8)18/h3-4,18H,1-2,5H2,(H,14,17)(H,15,16). The van der Waals surface area contributed by atoms with Gasteiger partial charge in [0, 0.05) is 17.7 Å². The Morgan fingerprint density at radius 2 is 2.21 bits per heavy atom. The molecule has 0 radical (unpaired) electrons. The zero-order valence-corrected chi connectivity index (χ0v) is 9.85. The van der Waals surface area contributed by atoms with Crippen molar-refractivity contribution in [2.45, 2.75) is 13.0 Å². The van der Waals surface area contributed by atoms with E-state index >= 15 is 0 Å². The van der Waals surface area contributed by atoms with Gasteiger partial charge < -0.3 is 20.1 Å².